The normalized spacial score (nSPS) is 10.7. The average Bonchev–Trinajstić information content (AvgIpc) is 3.07. The van der Waals surface area contributed by atoms with Crippen molar-refractivity contribution < 1.29 is 19.5 Å². The number of fused-ring (bicyclic) bond motifs is 3. The molecule has 0 aromatic heterocycles. The molecule has 0 unspecified atom stereocenters. The van der Waals surface area contributed by atoms with Crippen LogP contribution in [0.2, 0.25) is 0 Å². The second kappa shape index (κ2) is 11.9. The van der Waals surface area contributed by atoms with Gasteiger partial charge in [-0.05, 0) is 44.5 Å². The Bertz CT molecular complexity index is 2050. The van der Waals surface area contributed by atoms with Gasteiger partial charge in [0.2, 0.25) is 0 Å². The summed E-state index contributed by atoms with van der Waals surface area (Å²) in [5.41, 5.74) is 2.79. The third-order valence-electron chi connectivity index (χ3n) is 7.50. The standard InChI is InChI=1S/C21H14O.C18H12O3/c22-21(19-13-5-9-15-7-1-3-11-17(15)19)20-14-6-10-16-8-2-4-12-18(16)20;19-17(13-8-10-14(11-9-13)18(20)21)16-7-3-5-12-4-1-2-6-15(12)16/h1-14H;1-11H,(H,20,21). The van der Waals surface area contributed by atoms with Crippen molar-refractivity contribution in [3.8, 4) is 0 Å². The second-order valence-electron chi connectivity index (χ2n) is 10.1. The Morgan fingerprint density at radius 3 is 1.07 bits per heavy atom. The summed E-state index contributed by atoms with van der Waals surface area (Å²) in [5, 5.41) is 15.0. The van der Waals surface area contributed by atoms with Crippen molar-refractivity contribution >= 4 is 49.9 Å². The van der Waals surface area contributed by atoms with Gasteiger partial charge < -0.3 is 5.11 Å². The number of carboxylic acid groups (broad SMARTS) is 1. The molecule has 0 saturated heterocycles. The van der Waals surface area contributed by atoms with E-state index in [1.807, 2.05) is 121 Å². The zero-order valence-corrected chi connectivity index (χ0v) is 23.1. The number of aromatic carboxylic acids is 1. The maximum absolute atomic E-state index is 13.1. The lowest BCUT2D eigenvalue weighted by Crippen LogP contribution is -2.03. The highest BCUT2D eigenvalue weighted by atomic mass is 16.4. The minimum absolute atomic E-state index is 0.0774. The molecule has 0 aliphatic rings. The Labute approximate surface area is 248 Å². The van der Waals surface area contributed by atoms with Crippen molar-refractivity contribution in [1.82, 2.24) is 0 Å². The van der Waals surface area contributed by atoms with E-state index in [9.17, 15) is 14.4 Å². The first kappa shape index (κ1) is 27.3. The van der Waals surface area contributed by atoms with Gasteiger partial charge in [0.1, 0.15) is 0 Å². The first-order valence-corrected chi connectivity index (χ1v) is 13.9. The molecule has 7 aromatic rings. The van der Waals surface area contributed by atoms with Crippen LogP contribution in [0.4, 0.5) is 0 Å². The number of rotatable bonds is 5. The molecule has 0 radical (unpaired) electrons. The molecule has 7 rings (SSSR count). The lowest BCUT2D eigenvalue weighted by atomic mass is 9.94. The predicted octanol–water partition coefficient (Wildman–Crippen LogP) is 8.99. The fourth-order valence-corrected chi connectivity index (χ4v) is 5.33. The van der Waals surface area contributed by atoms with Crippen molar-refractivity contribution in [1.29, 1.82) is 0 Å². The number of hydrogen-bond donors (Lipinski definition) is 1. The summed E-state index contributed by atoms with van der Waals surface area (Å²) in [4.78, 5) is 36.5. The first-order valence-electron chi connectivity index (χ1n) is 13.9. The van der Waals surface area contributed by atoms with Gasteiger partial charge in [-0.25, -0.2) is 4.79 Å². The molecule has 4 heteroatoms. The van der Waals surface area contributed by atoms with E-state index >= 15 is 0 Å². The molecule has 0 aliphatic heterocycles. The fourth-order valence-electron chi connectivity index (χ4n) is 5.33. The van der Waals surface area contributed by atoms with Crippen LogP contribution in [0.15, 0.2) is 152 Å². The quantitative estimate of drug-likeness (QED) is 0.214. The van der Waals surface area contributed by atoms with Gasteiger partial charge >= 0.3 is 5.97 Å². The van der Waals surface area contributed by atoms with Crippen molar-refractivity contribution in [2.45, 2.75) is 0 Å². The van der Waals surface area contributed by atoms with Crippen LogP contribution in [0.5, 0.6) is 0 Å². The van der Waals surface area contributed by atoms with E-state index in [-0.39, 0.29) is 17.1 Å². The molecular formula is C39H26O4. The molecule has 4 nitrogen and oxygen atoms in total. The SMILES string of the molecule is O=C(O)c1ccc(C(=O)c2cccc3ccccc23)cc1.O=C(c1cccc2ccccc12)c1cccc2ccccc12. The molecule has 0 atom stereocenters. The van der Waals surface area contributed by atoms with E-state index in [1.54, 1.807) is 18.2 Å². The van der Waals surface area contributed by atoms with Gasteiger partial charge in [0.05, 0.1) is 5.56 Å². The first-order chi connectivity index (χ1) is 21.0. The van der Waals surface area contributed by atoms with Crippen molar-refractivity contribution in [2.24, 2.45) is 0 Å². The van der Waals surface area contributed by atoms with Crippen LogP contribution in [0.25, 0.3) is 32.3 Å². The second-order valence-corrected chi connectivity index (χ2v) is 10.1. The minimum atomic E-state index is -1.00. The van der Waals surface area contributed by atoms with E-state index in [0.29, 0.717) is 11.1 Å². The van der Waals surface area contributed by atoms with Crippen LogP contribution in [-0.2, 0) is 0 Å². The summed E-state index contributed by atoms with van der Waals surface area (Å²) >= 11 is 0. The number of carbonyl (C=O) groups excluding carboxylic acids is 2. The van der Waals surface area contributed by atoms with Crippen LogP contribution in [0.1, 0.15) is 42.2 Å². The van der Waals surface area contributed by atoms with Gasteiger partial charge in [0, 0.05) is 22.3 Å². The highest BCUT2D eigenvalue weighted by Crippen LogP contribution is 2.26. The summed E-state index contributed by atoms with van der Waals surface area (Å²) in [7, 11) is 0. The largest absolute Gasteiger partial charge is 0.478 e. The highest BCUT2D eigenvalue weighted by molar-refractivity contribution is 6.21. The molecule has 1 N–H and O–H groups in total. The molecule has 0 saturated carbocycles. The molecule has 7 aromatic carbocycles. The lowest BCUT2D eigenvalue weighted by molar-refractivity contribution is 0.0696. The molecule has 0 spiro atoms. The number of hydrogen-bond acceptors (Lipinski definition) is 3. The average molecular weight is 559 g/mol. The molecular weight excluding hydrogens is 532 g/mol. The Hall–Kier alpha value is -5.87. The van der Waals surface area contributed by atoms with Gasteiger partial charge in [0.25, 0.3) is 0 Å². The topological polar surface area (TPSA) is 71.4 Å². The van der Waals surface area contributed by atoms with Crippen LogP contribution in [0.3, 0.4) is 0 Å². The summed E-state index contributed by atoms with van der Waals surface area (Å²) in [6, 6.07) is 47.1. The van der Waals surface area contributed by atoms with Crippen LogP contribution < -0.4 is 0 Å². The summed E-state index contributed by atoms with van der Waals surface area (Å²) in [6.07, 6.45) is 0. The van der Waals surface area contributed by atoms with E-state index in [1.165, 1.54) is 12.1 Å². The summed E-state index contributed by atoms with van der Waals surface area (Å²) < 4.78 is 0. The maximum atomic E-state index is 13.1. The van der Waals surface area contributed by atoms with Crippen molar-refractivity contribution in [3.63, 3.8) is 0 Å². The van der Waals surface area contributed by atoms with E-state index in [0.717, 1.165) is 43.4 Å². The Morgan fingerprint density at radius 2 is 0.674 bits per heavy atom. The molecule has 0 fully saturated rings. The molecule has 206 valence electrons. The van der Waals surface area contributed by atoms with E-state index in [4.69, 9.17) is 5.11 Å². The molecule has 43 heavy (non-hydrogen) atoms. The molecule has 0 heterocycles. The minimum Gasteiger partial charge on any atom is -0.478 e. The lowest BCUT2D eigenvalue weighted by Gasteiger charge is -2.08. The Kier molecular flexibility index (Phi) is 7.58. The number of ketones is 2. The van der Waals surface area contributed by atoms with Gasteiger partial charge in [0.15, 0.2) is 11.6 Å². The third-order valence-corrected chi connectivity index (χ3v) is 7.50. The molecule has 0 amide bonds. The zero-order valence-electron chi connectivity index (χ0n) is 23.1. The van der Waals surface area contributed by atoms with Crippen molar-refractivity contribution in [3.05, 3.63) is 179 Å². The number of benzene rings is 7. The fraction of sp³-hybridized carbons (Fsp3) is 0. The van der Waals surface area contributed by atoms with Gasteiger partial charge in [-0.3, -0.25) is 9.59 Å². The Morgan fingerprint density at radius 1 is 0.349 bits per heavy atom. The van der Waals surface area contributed by atoms with Crippen LogP contribution in [-0.4, -0.2) is 22.6 Å². The Balaban J connectivity index is 0.000000153. The zero-order chi connectivity index (χ0) is 29.8. The van der Waals surface area contributed by atoms with Crippen LogP contribution in [0, 0.1) is 0 Å². The predicted molar refractivity (Wildman–Crippen MR) is 172 cm³/mol. The van der Waals surface area contributed by atoms with Crippen molar-refractivity contribution in [2.75, 3.05) is 0 Å². The monoisotopic (exact) mass is 558 g/mol. The van der Waals surface area contributed by atoms with E-state index in [2.05, 4.69) is 0 Å². The van der Waals surface area contributed by atoms with Gasteiger partial charge in [-0.1, -0.05) is 140 Å². The van der Waals surface area contributed by atoms with Gasteiger partial charge in [-0.2, -0.15) is 0 Å². The summed E-state index contributed by atoms with van der Waals surface area (Å²) in [5.74, 6) is -1.03. The van der Waals surface area contributed by atoms with Gasteiger partial charge in [-0.15, -0.1) is 0 Å². The number of carbonyl (C=O) groups is 3. The summed E-state index contributed by atoms with van der Waals surface area (Å²) in [6.45, 7) is 0. The molecule has 0 bridgehead atoms. The molecule has 0 aliphatic carbocycles. The van der Waals surface area contributed by atoms with Crippen LogP contribution >= 0.6 is 0 Å². The van der Waals surface area contributed by atoms with E-state index < -0.39 is 5.97 Å². The number of carboxylic acids is 1. The maximum Gasteiger partial charge on any atom is 0.335 e. The highest BCUT2D eigenvalue weighted by Gasteiger charge is 2.15. The third kappa shape index (κ3) is 5.54. The smallest absolute Gasteiger partial charge is 0.335 e.